The van der Waals surface area contributed by atoms with Crippen LogP contribution < -0.4 is 10.6 Å². The molecule has 2 N–H and O–H groups in total. The van der Waals surface area contributed by atoms with Crippen molar-refractivity contribution in [3.05, 3.63) is 0 Å². The molecule has 23 heavy (non-hydrogen) atoms. The summed E-state index contributed by atoms with van der Waals surface area (Å²) in [5, 5.41) is 6.80. The van der Waals surface area contributed by atoms with E-state index in [1.54, 1.807) is 7.11 Å². The average Bonchev–Trinajstić information content (AvgIpc) is 2.58. The van der Waals surface area contributed by atoms with Crippen LogP contribution in [0.4, 0.5) is 0 Å². The van der Waals surface area contributed by atoms with E-state index in [1.165, 1.54) is 38.9 Å². The highest BCUT2D eigenvalue weighted by Gasteiger charge is 2.18. The van der Waals surface area contributed by atoms with Gasteiger partial charge in [0, 0.05) is 33.9 Å². The first-order valence-electron chi connectivity index (χ1n) is 9.03. The summed E-state index contributed by atoms with van der Waals surface area (Å²) in [6, 6.07) is 0. The minimum Gasteiger partial charge on any atom is -0.382 e. The Bertz CT molecular complexity index is 305. The van der Waals surface area contributed by atoms with Gasteiger partial charge in [0.1, 0.15) is 0 Å². The average molecular weight is 329 g/mol. The molecule has 0 atom stereocenters. The molecule has 1 rings (SSSR count). The van der Waals surface area contributed by atoms with Crippen LogP contribution in [0.5, 0.6) is 0 Å². The van der Waals surface area contributed by atoms with Crippen molar-refractivity contribution in [1.82, 2.24) is 15.5 Å². The number of piperidine rings is 1. The first kappa shape index (κ1) is 20.2. The molecule has 136 valence electrons. The fourth-order valence-electron chi connectivity index (χ4n) is 2.82. The monoisotopic (exact) mass is 328 g/mol. The van der Waals surface area contributed by atoms with Crippen LogP contribution in [0.25, 0.3) is 0 Å². The van der Waals surface area contributed by atoms with E-state index in [0.29, 0.717) is 13.2 Å². The Morgan fingerprint density at radius 1 is 1.17 bits per heavy atom. The van der Waals surface area contributed by atoms with E-state index in [1.807, 2.05) is 7.05 Å². The van der Waals surface area contributed by atoms with Crippen LogP contribution in [-0.2, 0) is 9.47 Å². The minimum absolute atomic E-state index is 0.660. The molecular formula is C17H36N4O2. The molecule has 1 aliphatic rings. The number of methoxy groups -OCH3 is 1. The van der Waals surface area contributed by atoms with Gasteiger partial charge in [-0.15, -0.1) is 0 Å². The lowest BCUT2D eigenvalue weighted by Crippen LogP contribution is -2.43. The van der Waals surface area contributed by atoms with Gasteiger partial charge in [0.25, 0.3) is 0 Å². The van der Waals surface area contributed by atoms with Crippen molar-refractivity contribution in [2.24, 2.45) is 10.9 Å². The van der Waals surface area contributed by atoms with Crippen molar-refractivity contribution in [2.75, 3.05) is 66.7 Å². The predicted octanol–water partition coefficient (Wildman–Crippen LogP) is 1.33. The molecule has 0 unspecified atom stereocenters. The Morgan fingerprint density at radius 2 is 1.96 bits per heavy atom. The second-order valence-electron chi connectivity index (χ2n) is 6.12. The highest BCUT2D eigenvalue weighted by atomic mass is 16.5. The quantitative estimate of drug-likeness (QED) is 0.340. The van der Waals surface area contributed by atoms with E-state index in [2.05, 4.69) is 27.4 Å². The summed E-state index contributed by atoms with van der Waals surface area (Å²) in [5.74, 6) is 1.66. The normalized spacial score (nSPS) is 17.4. The Balaban J connectivity index is 2.04. The number of guanidine groups is 1. The number of nitrogens with zero attached hydrogens (tertiary/aromatic N) is 2. The smallest absolute Gasteiger partial charge is 0.190 e. The van der Waals surface area contributed by atoms with E-state index < -0.39 is 0 Å². The Morgan fingerprint density at radius 3 is 2.61 bits per heavy atom. The summed E-state index contributed by atoms with van der Waals surface area (Å²) in [7, 11) is 3.52. The van der Waals surface area contributed by atoms with E-state index in [-0.39, 0.29) is 0 Å². The van der Waals surface area contributed by atoms with Gasteiger partial charge >= 0.3 is 0 Å². The number of hydrogen-bond donors (Lipinski definition) is 2. The van der Waals surface area contributed by atoms with Crippen LogP contribution in [-0.4, -0.2) is 77.6 Å². The number of ether oxygens (including phenoxy) is 2. The Hall–Kier alpha value is -0.850. The van der Waals surface area contributed by atoms with Crippen molar-refractivity contribution >= 4 is 5.96 Å². The van der Waals surface area contributed by atoms with Gasteiger partial charge < -0.3 is 25.0 Å². The lowest BCUT2D eigenvalue weighted by Gasteiger charge is -2.32. The lowest BCUT2D eigenvalue weighted by molar-refractivity contribution is 0.0698. The fraction of sp³-hybridized carbons (Fsp3) is 0.941. The van der Waals surface area contributed by atoms with Gasteiger partial charge in [0.05, 0.1) is 13.2 Å². The van der Waals surface area contributed by atoms with Gasteiger partial charge in [0.15, 0.2) is 5.96 Å². The molecule has 1 aliphatic heterocycles. The second kappa shape index (κ2) is 13.6. The van der Waals surface area contributed by atoms with Crippen LogP contribution in [0, 0.1) is 5.92 Å². The lowest BCUT2D eigenvalue weighted by atomic mass is 9.97. The third kappa shape index (κ3) is 9.79. The molecule has 0 aromatic carbocycles. The van der Waals surface area contributed by atoms with Crippen molar-refractivity contribution in [3.63, 3.8) is 0 Å². The second-order valence-corrected chi connectivity index (χ2v) is 6.12. The maximum atomic E-state index is 5.44. The van der Waals surface area contributed by atoms with E-state index in [9.17, 15) is 0 Å². The molecule has 0 aliphatic carbocycles. The molecule has 6 nitrogen and oxygen atoms in total. The maximum absolute atomic E-state index is 5.44. The van der Waals surface area contributed by atoms with E-state index >= 15 is 0 Å². The van der Waals surface area contributed by atoms with Crippen molar-refractivity contribution in [2.45, 2.75) is 32.6 Å². The Labute approximate surface area is 142 Å². The van der Waals surface area contributed by atoms with Gasteiger partial charge in [-0.25, -0.2) is 0 Å². The molecule has 0 radical (unpaired) electrons. The molecule has 0 aromatic rings. The molecule has 0 amide bonds. The highest BCUT2D eigenvalue weighted by Crippen LogP contribution is 2.16. The minimum atomic E-state index is 0.660. The summed E-state index contributed by atoms with van der Waals surface area (Å²) in [4.78, 5) is 6.86. The van der Waals surface area contributed by atoms with Crippen LogP contribution >= 0.6 is 0 Å². The van der Waals surface area contributed by atoms with E-state index in [4.69, 9.17) is 9.47 Å². The molecule has 0 saturated carbocycles. The summed E-state index contributed by atoms with van der Waals surface area (Å²) in [5.41, 5.74) is 0. The summed E-state index contributed by atoms with van der Waals surface area (Å²) in [6.07, 6.45) is 4.81. The molecule has 1 fully saturated rings. The molecule has 0 aromatic heterocycles. The molecule has 0 bridgehead atoms. The molecular weight excluding hydrogens is 292 g/mol. The molecule has 1 heterocycles. The SMILES string of the molecule is CCCN1CCC(CNC(=NC)NCCCOCCOC)CC1. The molecule has 6 heteroatoms. The molecule has 1 saturated heterocycles. The number of aliphatic imine (C=N–C) groups is 1. The zero-order valence-electron chi connectivity index (χ0n) is 15.3. The number of nitrogens with one attached hydrogen (secondary N) is 2. The highest BCUT2D eigenvalue weighted by molar-refractivity contribution is 5.79. The van der Waals surface area contributed by atoms with Crippen molar-refractivity contribution in [3.8, 4) is 0 Å². The summed E-state index contributed by atoms with van der Waals surface area (Å²) in [6.45, 7) is 9.96. The van der Waals surface area contributed by atoms with Crippen LogP contribution in [0.2, 0.25) is 0 Å². The summed E-state index contributed by atoms with van der Waals surface area (Å²) < 4.78 is 10.4. The van der Waals surface area contributed by atoms with Gasteiger partial charge in [-0.1, -0.05) is 6.92 Å². The third-order valence-electron chi connectivity index (χ3n) is 4.22. The number of hydrogen-bond acceptors (Lipinski definition) is 4. The van der Waals surface area contributed by atoms with Crippen molar-refractivity contribution < 1.29 is 9.47 Å². The van der Waals surface area contributed by atoms with Crippen molar-refractivity contribution in [1.29, 1.82) is 0 Å². The summed E-state index contributed by atoms with van der Waals surface area (Å²) >= 11 is 0. The number of likely N-dealkylation sites (tertiary alicyclic amines) is 1. The van der Waals surface area contributed by atoms with Crippen LogP contribution in [0.3, 0.4) is 0 Å². The fourth-order valence-corrected chi connectivity index (χ4v) is 2.82. The van der Waals surface area contributed by atoms with Gasteiger partial charge in [-0.05, 0) is 51.2 Å². The zero-order valence-corrected chi connectivity index (χ0v) is 15.3. The number of rotatable bonds is 11. The largest absolute Gasteiger partial charge is 0.382 e. The first-order chi connectivity index (χ1) is 11.3. The van der Waals surface area contributed by atoms with Gasteiger partial charge in [-0.3, -0.25) is 4.99 Å². The first-order valence-corrected chi connectivity index (χ1v) is 9.03. The maximum Gasteiger partial charge on any atom is 0.190 e. The topological polar surface area (TPSA) is 58.1 Å². The van der Waals surface area contributed by atoms with E-state index in [0.717, 1.165) is 38.0 Å². The van der Waals surface area contributed by atoms with Crippen LogP contribution in [0.15, 0.2) is 4.99 Å². The van der Waals surface area contributed by atoms with Crippen LogP contribution in [0.1, 0.15) is 32.6 Å². The predicted molar refractivity (Wildman–Crippen MR) is 96.1 cm³/mol. The zero-order chi connectivity index (χ0) is 16.8. The molecule has 0 spiro atoms. The Kier molecular flexibility index (Phi) is 11.9. The van der Waals surface area contributed by atoms with Gasteiger partial charge in [0.2, 0.25) is 0 Å². The third-order valence-corrected chi connectivity index (χ3v) is 4.22. The van der Waals surface area contributed by atoms with Gasteiger partial charge in [-0.2, -0.15) is 0 Å². The standard InChI is InChI=1S/C17H36N4O2/c1-4-9-21-10-6-16(7-11-21)15-20-17(18-2)19-8-5-12-23-14-13-22-3/h16H,4-15H2,1-3H3,(H2,18,19,20).